The molecule has 1 aliphatic heterocycles. The van der Waals surface area contributed by atoms with E-state index in [4.69, 9.17) is 0 Å². The third kappa shape index (κ3) is 4.10. The van der Waals surface area contributed by atoms with Gasteiger partial charge in [0.2, 0.25) is 0 Å². The van der Waals surface area contributed by atoms with E-state index in [1.807, 2.05) is 37.3 Å². The summed E-state index contributed by atoms with van der Waals surface area (Å²) in [5, 5.41) is 3.32. The fraction of sp³-hybridized carbons (Fsp3) is 0.421. The Hall–Kier alpha value is -2.43. The first kappa shape index (κ1) is 16.4. The van der Waals surface area contributed by atoms with Crippen molar-refractivity contribution in [3.05, 3.63) is 41.7 Å². The molecule has 0 bridgehead atoms. The van der Waals surface area contributed by atoms with Gasteiger partial charge in [0, 0.05) is 30.4 Å². The van der Waals surface area contributed by atoms with Crippen LogP contribution in [0, 0.1) is 6.92 Å². The summed E-state index contributed by atoms with van der Waals surface area (Å²) >= 11 is 0. The second-order valence-corrected chi connectivity index (χ2v) is 6.32. The quantitative estimate of drug-likeness (QED) is 0.858. The molecule has 5 heteroatoms. The second kappa shape index (κ2) is 7.43. The molecule has 0 spiro atoms. The van der Waals surface area contributed by atoms with Crippen LogP contribution in [0.3, 0.4) is 0 Å². The van der Waals surface area contributed by atoms with E-state index in [9.17, 15) is 4.79 Å². The molecule has 0 amide bonds. The van der Waals surface area contributed by atoms with Crippen molar-refractivity contribution < 1.29 is 4.79 Å². The van der Waals surface area contributed by atoms with E-state index in [1.165, 1.54) is 25.7 Å². The molecular formula is C19H24N4O. The highest BCUT2D eigenvalue weighted by Crippen LogP contribution is 2.22. The Morgan fingerprint density at radius 3 is 2.33 bits per heavy atom. The lowest BCUT2D eigenvalue weighted by Gasteiger charge is -2.22. The van der Waals surface area contributed by atoms with Gasteiger partial charge in [0.15, 0.2) is 5.78 Å². The summed E-state index contributed by atoms with van der Waals surface area (Å²) in [5.74, 6) is 2.62. The molecule has 24 heavy (non-hydrogen) atoms. The Balaban J connectivity index is 1.79. The molecular weight excluding hydrogens is 300 g/mol. The minimum absolute atomic E-state index is 0.0721. The van der Waals surface area contributed by atoms with Gasteiger partial charge in [-0.05, 0) is 51.0 Å². The average molecular weight is 324 g/mol. The molecule has 0 radical (unpaired) electrons. The Kier molecular flexibility index (Phi) is 5.08. The molecule has 5 nitrogen and oxygen atoms in total. The third-order valence-corrected chi connectivity index (χ3v) is 4.32. The van der Waals surface area contributed by atoms with Gasteiger partial charge in [-0.3, -0.25) is 4.79 Å². The summed E-state index contributed by atoms with van der Waals surface area (Å²) < 4.78 is 0. The zero-order chi connectivity index (χ0) is 16.9. The Labute approximate surface area is 143 Å². The Morgan fingerprint density at radius 1 is 1.04 bits per heavy atom. The SMILES string of the molecule is CC(=O)c1ccc(Nc2cc(N3CCCCCC3)nc(C)n2)cc1. The Morgan fingerprint density at radius 2 is 1.71 bits per heavy atom. The standard InChI is InChI=1S/C19H24N4O/c1-14(24)16-7-9-17(10-8-16)22-18-13-19(21-15(2)20-18)23-11-5-3-4-6-12-23/h7-10,13H,3-6,11-12H2,1-2H3,(H,20,21,22). The van der Waals surface area contributed by atoms with E-state index in [1.54, 1.807) is 6.92 Å². The van der Waals surface area contributed by atoms with Crippen LogP contribution in [0.5, 0.6) is 0 Å². The summed E-state index contributed by atoms with van der Waals surface area (Å²) in [6, 6.07) is 9.47. The first-order valence-corrected chi connectivity index (χ1v) is 8.60. The van der Waals surface area contributed by atoms with Crippen LogP contribution in [0.1, 0.15) is 48.8 Å². The van der Waals surface area contributed by atoms with E-state index in [0.29, 0.717) is 5.56 Å². The molecule has 126 valence electrons. The molecule has 1 saturated heterocycles. The molecule has 0 atom stereocenters. The van der Waals surface area contributed by atoms with Crippen LogP contribution >= 0.6 is 0 Å². The van der Waals surface area contributed by atoms with E-state index < -0.39 is 0 Å². The molecule has 1 aromatic carbocycles. The number of carbonyl (C=O) groups excluding carboxylic acids is 1. The fourth-order valence-corrected chi connectivity index (χ4v) is 3.01. The summed E-state index contributed by atoms with van der Waals surface area (Å²) in [7, 11) is 0. The van der Waals surface area contributed by atoms with E-state index in [-0.39, 0.29) is 5.78 Å². The van der Waals surface area contributed by atoms with Gasteiger partial charge in [0.05, 0.1) is 0 Å². The first-order valence-electron chi connectivity index (χ1n) is 8.60. The number of ketones is 1. The van der Waals surface area contributed by atoms with Crippen LogP contribution in [-0.2, 0) is 0 Å². The highest BCUT2D eigenvalue weighted by atomic mass is 16.1. The highest BCUT2D eigenvalue weighted by molar-refractivity contribution is 5.94. The predicted molar refractivity (Wildman–Crippen MR) is 97.2 cm³/mol. The zero-order valence-corrected chi connectivity index (χ0v) is 14.4. The number of benzene rings is 1. The van der Waals surface area contributed by atoms with Gasteiger partial charge in [0.1, 0.15) is 17.5 Å². The summed E-state index contributed by atoms with van der Waals surface area (Å²) in [4.78, 5) is 22.8. The van der Waals surface area contributed by atoms with E-state index in [2.05, 4.69) is 20.2 Å². The molecule has 1 N–H and O–H groups in total. The van der Waals surface area contributed by atoms with Crippen molar-refractivity contribution in [3.8, 4) is 0 Å². The van der Waals surface area contributed by atoms with Gasteiger partial charge >= 0.3 is 0 Å². The van der Waals surface area contributed by atoms with Crippen molar-refractivity contribution in [2.45, 2.75) is 39.5 Å². The van der Waals surface area contributed by atoms with Crippen LogP contribution in [0.4, 0.5) is 17.3 Å². The monoisotopic (exact) mass is 324 g/mol. The lowest BCUT2D eigenvalue weighted by molar-refractivity contribution is 0.101. The number of aryl methyl sites for hydroxylation is 1. The normalized spacial score (nSPS) is 15.0. The van der Waals surface area contributed by atoms with E-state index >= 15 is 0 Å². The highest BCUT2D eigenvalue weighted by Gasteiger charge is 2.13. The topological polar surface area (TPSA) is 58.1 Å². The van der Waals surface area contributed by atoms with Gasteiger partial charge in [-0.15, -0.1) is 0 Å². The molecule has 1 aliphatic rings. The number of rotatable bonds is 4. The van der Waals surface area contributed by atoms with Crippen LogP contribution in [-0.4, -0.2) is 28.8 Å². The maximum Gasteiger partial charge on any atom is 0.159 e. The predicted octanol–water partition coefficient (Wildman–Crippen LogP) is 4.11. The minimum atomic E-state index is 0.0721. The van der Waals surface area contributed by atoms with Crippen molar-refractivity contribution in [2.75, 3.05) is 23.3 Å². The molecule has 3 rings (SSSR count). The average Bonchev–Trinajstić information content (AvgIpc) is 2.84. The number of aromatic nitrogens is 2. The minimum Gasteiger partial charge on any atom is -0.356 e. The van der Waals surface area contributed by atoms with Crippen LogP contribution in [0.15, 0.2) is 30.3 Å². The zero-order valence-electron chi connectivity index (χ0n) is 14.4. The molecule has 2 heterocycles. The van der Waals surface area contributed by atoms with E-state index in [0.717, 1.165) is 36.2 Å². The van der Waals surface area contributed by atoms with Gasteiger partial charge in [-0.25, -0.2) is 9.97 Å². The fourth-order valence-electron chi connectivity index (χ4n) is 3.01. The summed E-state index contributed by atoms with van der Waals surface area (Å²) in [6.07, 6.45) is 5.04. The number of carbonyl (C=O) groups is 1. The van der Waals surface area contributed by atoms with Crippen LogP contribution < -0.4 is 10.2 Å². The smallest absolute Gasteiger partial charge is 0.159 e. The third-order valence-electron chi connectivity index (χ3n) is 4.32. The number of hydrogen-bond acceptors (Lipinski definition) is 5. The number of nitrogens with zero attached hydrogens (tertiary/aromatic N) is 3. The number of anilines is 3. The van der Waals surface area contributed by atoms with Crippen molar-refractivity contribution >= 4 is 23.1 Å². The molecule has 1 fully saturated rings. The maximum atomic E-state index is 11.4. The van der Waals surface area contributed by atoms with Gasteiger partial charge in [-0.1, -0.05) is 12.8 Å². The Bertz CT molecular complexity index is 704. The lowest BCUT2D eigenvalue weighted by Crippen LogP contribution is -2.25. The van der Waals surface area contributed by atoms with Crippen molar-refractivity contribution in [1.82, 2.24) is 9.97 Å². The molecule has 0 aliphatic carbocycles. The molecule has 2 aromatic rings. The van der Waals surface area contributed by atoms with Crippen LogP contribution in [0.2, 0.25) is 0 Å². The lowest BCUT2D eigenvalue weighted by atomic mass is 10.1. The first-order chi connectivity index (χ1) is 11.6. The van der Waals surface area contributed by atoms with Crippen molar-refractivity contribution in [1.29, 1.82) is 0 Å². The maximum absolute atomic E-state index is 11.4. The van der Waals surface area contributed by atoms with Gasteiger partial charge in [-0.2, -0.15) is 0 Å². The number of Topliss-reactive ketones (excluding diaryl/α,β-unsaturated/α-hetero) is 1. The summed E-state index contributed by atoms with van der Waals surface area (Å²) in [5.41, 5.74) is 1.63. The molecule has 0 saturated carbocycles. The number of nitrogens with one attached hydrogen (secondary N) is 1. The molecule has 0 unspecified atom stereocenters. The number of hydrogen-bond donors (Lipinski definition) is 1. The van der Waals surface area contributed by atoms with Crippen LogP contribution in [0.25, 0.3) is 0 Å². The van der Waals surface area contributed by atoms with Crippen molar-refractivity contribution in [3.63, 3.8) is 0 Å². The second-order valence-electron chi connectivity index (χ2n) is 6.32. The molecule has 1 aromatic heterocycles. The van der Waals surface area contributed by atoms with Gasteiger partial charge in [0.25, 0.3) is 0 Å². The summed E-state index contributed by atoms with van der Waals surface area (Å²) in [6.45, 7) is 5.61. The van der Waals surface area contributed by atoms with Crippen molar-refractivity contribution in [2.24, 2.45) is 0 Å². The largest absolute Gasteiger partial charge is 0.356 e. The van der Waals surface area contributed by atoms with Gasteiger partial charge < -0.3 is 10.2 Å².